The molecular formula is C11H16N2O2. The third-order valence-corrected chi connectivity index (χ3v) is 3.09. The Labute approximate surface area is 88.9 Å². The zero-order valence-electron chi connectivity index (χ0n) is 9.16. The molecular weight excluding hydrogens is 192 g/mol. The fraction of sp³-hybridized carbons (Fsp3) is 0.636. The molecule has 1 aromatic rings. The van der Waals surface area contributed by atoms with Crippen LogP contribution in [0.15, 0.2) is 0 Å². The van der Waals surface area contributed by atoms with Crippen LogP contribution in [0.3, 0.4) is 0 Å². The molecule has 1 N–H and O–H groups in total. The molecule has 0 saturated heterocycles. The lowest BCUT2D eigenvalue weighted by atomic mass is 10.0. The third-order valence-electron chi connectivity index (χ3n) is 3.09. The summed E-state index contributed by atoms with van der Waals surface area (Å²) in [6, 6.07) is -0.398. The summed E-state index contributed by atoms with van der Waals surface area (Å²) < 4.78 is 1.93. The summed E-state index contributed by atoms with van der Waals surface area (Å²) >= 11 is 0. The highest BCUT2D eigenvalue weighted by atomic mass is 16.4. The Morgan fingerprint density at radius 2 is 2.40 bits per heavy atom. The predicted molar refractivity (Wildman–Crippen MR) is 56.0 cm³/mol. The molecule has 0 amide bonds. The van der Waals surface area contributed by atoms with E-state index in [0.717, 1.165) is 42.9 Å². The molecule has 4 nitrogen and oxygen atoms in total. The van der Waals surface area contributed by atoms with Gasteiger partial charge in [-0.2, -0.15) is 0 Å². The Morgan fingerprint density at radius 3 is 3.00 bits per heavy atom. The number of carboxylic acid groups (broad SMARTS) is 1. The Bertz CT molecular complexity index is 396. The maximum atomic E-state index is 11.1. The molecule has 0 aliphatic carbocycles. The summed E-state index contributed by atoms with van der Waals surface area (Å²) in [5.74, 6) is 0.178. The zero-order valence-corrected chi connectivity index (χ0v) is 9.16. The quantitative estimate of drug-likeness (QED) is 0.805. The maximum absolute atomic E-state index is 11.1. The first kappa shape index (κ1) is 10.2. The summed E-state index contributed by atoms with van der Waals surface area (Å²) in [5.41, 5.74) is 2.11. The number of aryl methyl sites for hydroxylation is 2. The monoisotopic (exact) mass is 208 g/mol. The summed E-state index contributed by atoms with van der Waals surface area (Å²) in [6.45, 7) is 3.98. The fourth-order valence-electron chi connectivity index (χ4n) is 2.39. The molecule has 1 aromatic heterocycles. The van der Waals surface area contributed by atoms with Crippen molar-refractivity contribution in [3.63, 3.8) is 0 Å². The average molecular weight is 208 g/mol. The molecule has 2 rings (SSSR count). The second-order valence-corrected chi connectivity index (χ2v) is 4.03. The van der Waals surface area contributed by atoms with Gasteiger partial charge in [0, 0.05) is 12.1 Å². The van der Waals surface area contributed by atoms with Crippen molar-refractivity contribution in [1.29, 1.82) is 0 Å². The largest absolute Gasteiger partial charge is 0.480 e. The van der Waals surface area contributed by atoms with Gasteiger partial charge in [0.25, 0.3) is 0 Å². The van der Waals surface area contributed by atoms with E-state index in [1.165, 1.54) is 0 Å². The number of nitrogens with zero attached hydrogens (tertiary/aromatic N) is 2. The molecule has 82 valence electrons. The fourth-order valence-corrected chi connectivity index (χ4v) is 2.39. The van der Waals surface area contributed by atoms with Crippen molar-refractivity contribution in [3.05, 3.63) is 17.2 Å². The molecule has 0 bridgehead atoms. The van der Waals surface area contributed by atoms with Crippen LogP contribution in [0.5, 0.6) is 0 Å². The van der Waals surface area contributed by atoms with Crippen LogP contribution >= 0.6 is 0 Å². The van der Waals surface area contributed by atoms with Crippen LogP contribution in [-0.4, -0.2) is 20.6 Å². The molecule has 1 atom stereocenters. The first-order chi connectivity index (χ1) is 7.15. The highest BCUT2D eigenvalue weighted by Gasteiger charge is 2.29. The minimum Gasteiger partial charge on any atom is -0.480 e. The van der Waals surface area contributed by atoms with E-state index < -0.39 is 12.0 Å². The standard InChI is InChI=1S/C11H16N2O2/c1-3-10-12-7(2)8-5-4-6-9(11(14)15)13(8)10/h9H,3-6H2,1-2H3,(H,14,15). The van der Waals surface area contributed by atoms with Crippen molar-refractivity contribution in [2.24, 2.45) is 0 Å². The molecule has 0 fully saturated rings. The highest BCUT2D eigenvalue weighted by molar-refractivity contribution is 5.72. The molecule has 4 heteroatoms. The summed E-state index contributed by atoms with van der Waals surface area (Å²) in [4.78, 5) is 15.6. The molecule has 0 spiro atoms. The van der Waals surface area contributed by atoms with Gasteiger partial charge in [0.1, 0.15) is 11.9 Å². The first-order valence-corrected chi connectivity index (χ1v) is 5.44. The lowest BCUT2D eigenvalue weighted by Gasteiger charge is -2.24. The maximum Gasteiger partial charge on any atom is 0.326 e. The summed E-state index contributed by atoms with van der Waals surface area (Å²) in [7, 11) is 0. The van der Waals surface area contributed by atoms with E-state index in [-0.39, 0.29) is 0 Å². The van der Waals surface area contributed by atoms with Gasteiger partial charge in [0.05, 0.1) is 5.69 Å². The van der Waals surface area contributed by atoms with Gasteiger partial charge >= 0.3 is 5.97 Å². The topological polar surface area (TPSA) is 55.1 Å². The number of aliphatic carboxylic acids is 1. The van der Waals surface area contributed by atoms with Crippen molar-refractivity contribution >= 4 is 5.97 Å². The molecule has 1 unspecified atom stereocenters. The van der Waals surface area contributed by atoms with Crippen LogP contribution in [0.2, 0.25) is 0 Å². The number of hydrogen-bond acceptors (Lipinski definition) is 2. The van der Waals surface area contributed by atoms with Crippen LogP contribution in [0.1, 0.15) is 43.0 Å². The van der Waals surface area contributed by atoms with Crippen molar-refractivity contribution in [3.8, 4) is 0 Å². The van der Waals surface area contributed by atoms with Gasteiger partial charge in [0.15, 0.2) is 0 Å². The van der Waals surface area contributed by atoms with Gasteiger partial charge in [-0.3, -0.25) is 0 Å². The molecule has 2 heterocycles. The first-order valence-electron chi connectivity index (χ1n) is 5.44. The number of hydrogen-bond donors (Lipinski definition) is 1. The van der Waals surface area contributed by atoms with Crippen LogP contribution in [0, 0.1) is 6.92 Å². The van der Waals surface area contributed by atoms with E-state index in [4.69, 9.17) is 5.11 Å². The number of imidazole rings is 1. The van der Waals surface area contributed by atoms with Gasteiger partial charge in [0.2, 0.25) is 0 Å². The van der Waals surface area contributed by atoms with E-state index in [2.05, 4.69) is 4.98 Å². The third kappa shape index (κ3) is 1.54. The van der Waals surface area contributed by atoms with E-state index >= 15 is 0 Å². The Morgan fingerprint density at radius 1 is 1.67 bits per heavy atom. The molecule has 15 heavy (non-hydrogen) atoms. The number of carboxylic acids is 1. The van der Waals surface area contributed by atoms with E-state index in [9.17, 15) is 4.79 Å². The number of carbonyl (C=O) groups is 1. The second-order valence-electron chi connectivity index (χ2n) is 4.03. The molecule has 0 saturated carbocycles. The van der Waals surface area contributed by atoms with Crippen LogP contribution < -0.4 is 0 Å². The molecule has 0 radical (unpaired) electrons. The van der Waals surface area contributed by atoms with Crippen molar-refractivity contribution in [2.75, 3.05) is 0 Å². The van der Waals surface area contributed by atoms with Gasteiger partial charge in [-0.15, -0.1) is 0 Å². The highest BCUT2D eigenvalue weighted by Crippen LogP contribution is 2.29. The van der Waals surface area contributed by atoms with E-state index in [0.29, 0.717) is 0 Å². The van der Waals surface area contributed by atoms with Crippen molar-refractivity contribution in [2.45, 2.75) is 45.6 Å². The van der Waals surface area contributed by atoms with E-state index in [1.54, 1.807) is 0 Å². The Balaban J connectivity index is 2.53. The van der Waals surface area contributed by atoms with Crippen LogP contribution in [0.25, 0.3) is 0 Å². The molecule has 1 aliphatic heterocycles. The smallest absolute Gasteiger partial charge is 0.326 e. The molecule has 0 aromatic carbocycles. The number of aromatic nitrogens is 2. The second kappa shape index (κ2) is 3.68. The SMILES string of the molecule is CCc1nc(C)c2n1C(C(=O)O)CCC2. The summed E-state index contributed by atoms with van der Waals surface area (Å²) in [6.07, 6.45) is 3.44. The van der Waals surface area contributed by atoms with Crippen molar-refractivity contribution < 1.29 is 9.90 Å². The van der Waals surface area contributed by atoms with Gasteiger partial charge in [-0.25, -0.2) is 9.78 Å². The van der Waals surface area contributed by atoms with Gasteiger partial charge in [-0.1, -0.05) is 6.92 Å². The Kier molecular flexibility index (Phi) is 2.50. The Hall–Kier alpha value is -1.32. The minimum absolute atomic E-state index is 0.398. The van der Waals surface area contributed by atoms with E-state index in [1.807, 2.05) is 18.4 Å². The lowest BCUT2D eigenvalue weighted by Crippen LogP contribution is -2.26. The summed E-state index contributed by atoms with van der Waals surface area (Å²) in [5, 5.41) is 9.17. The normalized spacial score (nSPS) is 20.0. The zero-order chi connectivity index (χ0) is 11.0. The van der Waals surface area contributed by atoms with Crippen LogP contribution in [0.4, 0.5) is 0 Å². The number of rotatable bonds is 2. The minimum atomic E-state index is -0.733. The van der Waals surface area contributed by atoms with Gasteiger partial charge < -0.3 is 9.67 Å². The average Bonchev–Trinajstić information content (AvgIpc) is 2.55. The van der Waals surface area contributed by atoms with Crippen LogP contribution in [-0.2, 0) is 17.6 Å². The van der Waals surface area contributed by atoms with Crippen molar-refractivity contribution in [1.82, 2.24) is 9.55 Å². The lowest BCUT2D eigenvalue weighted by molar-refractivity contribution is -0.141. The predicted octanol–water partition coefficient (Wildman–Crippen LogP) is 1.72. The number of fused-ring (bicyclic) bond motifs is 1. The molecule has 1 aliphatic rings. The van der Waals surface area contributed by atoms with Gasteiger partial charge in [-0.05, 0) is 26.2 Å².